The highest BCUT2D eigenvalue weighted by atomic mass is 35.5. The van der Waals surface area contributed by atoms with Crippen LogP contribution in [-0.2, 0) is 14.2 Å². The molecular formula is C26H34ClNO9S. The van der Waals surface area contributed by atoms with Crippen LogP contribution in [0.15, 0.2) is 42.5 Å². The number of methoxy groups -OCH3 is 1. The normalized spacial score (nSPS) is 23.9. The summed E-state index contributed by atoms with van der Waals surface area (Å²) < 4.78 is 21.8. The summed E-state index contributed by atoms with van der Waals surface area (Å²) in [5, 5.41) is 33.6. The number of amides is 1. The van der Waals surface area contributed by atoms with Crippen molar-refractivity contribution in [2.75, 3.05) is 50.2 Å². The van der Waals surface area contributed by atoms with Crippen LogP contribution in [0, 0.1) is 0 Å². The van der Waals surface area contributed by atoms with Gasteiger partial charge in [0, 0.05) is 11.3 Å². The maximum Gasteiger partial charge on any atom is 0.338 e. The molecule has 0 radical (unpaired) electrons. The van der Waals surface area contributed by atoms with E-state index in [0.717, 1.165) is 5.75 Å². The zero-order valence-electron chi connectivity index (χ0n) is 21.6. The van der Waals surface area contributed by atoms with E-state index in [1.54, 1.807) is 30.3 Å². The Kier molecular flexibility index (Phi) is 10.4. The van der Waals surface area contributed by atoms with Crippen LogP contribution >= 0.6 is 21.6 Å². The van der Waals surface area contributed by atoms with E-state index in [-0.39, 0.29) is 22.0 Å². The Morgan fingerprint density at radius 2 is 1.71 bits per heavy atom. The summed E-state index contributed by atoms with van der Waals surface area (Å²) in [6.45, 7) is -0.137. The fourth-order valence-corrected chi connectivity index (χ4v) is 4.46. The fraction of sp³-hybridized carbons (Fsp3) is 0.462. The second kappa shape index (κ2) is 13.1. The largest absolute Gasteiger partial charge is 0.494 e. The number of aliphatic hydroxyl groups excluding tert-OH is 3. The molecule has 210 valence electrons. The lowest BCUT2D eigenvalue weighted by Gasteiger charge is -2.40. The van der Waals surface area contributed by atoms with E-state index in [9.17, 15) is 24.9 Å². The first-order valence-corrected chi connectivity index (χ1v) is 15.2. The van der Waals surface area contributed by atoms with Gasteiger partial charge in [-0.3, -0.25) is 4.79 Å². The van der Waals surface area contributed by atoms with Crippen molar-refractivity contribution in [2.24, 2.45) is 0 Å². The highest BCUT2D eigenvalue weighted by Crippen LogP contribution is 2.35. The van der Waals surface area contributed by atoms with Gasteiger partial charge in [-0.15, -0.1) is 0 Å². The van der Waals surface area contributed by atoms with Gasteiger partial charge in [0.25, 0.3) is 5.91 Å². The van der Waals surface area contributed by atoms with Gasteiger partial charge in [-0.2, -0.15) is 0 Å². The zero-order valence-corrected chi connectivity index (χ0v) is 23.2. The molecule has 2 aromatic carbocycles. The summed E-state index contributed by atoms with van der Waals surface area (Å²) in [5.74, 6) is -0.333. The van der Waals surface area contributed by atoms with Crippen LogP contribution in [-0.4, -0.2) is 103 Å². The molecular weight excluding hydrogens is 538 g/mol. The molecule has 1 heterocycles. The number of hydrogen-bond donors (Lipinski definition) is 4. The third-order valence-corrected chi connectivity index (χ3v) is 7.50. The molecule has 38 heavy (non-hydrogen) atoms. The van der Waals surface area contributed by atoms with Crippen LogP contribution in [0.25, 0.3) is 0 Å². The van der Waals surface area contributed by atoms with E-state index < -0.39 is 59.2 Å². The minimum Gasteiger partial charge on any atom is -0.494 e. The van der Waals surface area contributed by atoms with Crippen LogP contribution in [0.5, 0.6) is 5.75 Å². The summed E-state index contributed by atoms with van der Waals surface area (Å²) in [4.78, 5) is 25.3. The average molecular weight is 572 g/mol. The molecule has 3 rings (SSSR count). The highest BCUT2D eigenvalue weighted by Gasteiger charge is 2.44. The fourth-order valence-electron chi connectivity index (χ4n) is 3.60. The number of anilines is 1. The van der Waals surface area contributed by atoms with Crippen molar-refractivity contribution in [3.8, 4) is 5.75 Å². The molecule has 0 saturated carbocycles. The second-order valence-corrected chi connectivity index (χ2v) is 14.6. The number of aliphatic hydroxyl groups is 3. The van der Waals surface area contributed by atoms with Gasteiger partial charge in [-0.25, -0.2) is 14.8 Å². The Labute approximate surface area is 228 Å². The highest BCUT2D eigenvalue weighted by molar-refractivity contribution is 8.32. The average Bonchev–Trinajstić information content (AvgIpc) is 2.88. The van der Waals surface area contributed by atoms with Gasteiger partial charge in [0.2, 0.25) is 0 Å². The third kappa shape index (κ3) is 7.82. The van der Waals surface area contributed by atoms with Crippen molar-refractivity contribution in [1.82, 2.24) is 0 Å². The van der Waals surface area contributed by atoms with Gasteiger partial charge in [-0.1, -0.05) is 29.8 Å². The lowest BCUT2D eigenvalue weighted by molar-refractivity contribution is -0.299. The van der Waals surface area contributed by atoms with Crippen molar-refractivity contribution in [1.29, 1.82) is 0 Å². The van der Waals surface area contributed by atoms with Crippen LogP contribution in [0.4, 0.5) is 5.69 Å². The van der Waals surface area contributed by atoms with Crippen LogP contribution in [0.1, 0.15) is 20.7 Å². The molecule has 1 saturated heterocycles. The van der Waals surface area contributed by atoms with Gasteiger partial charge in [0.15, 0.2) is 6.29 Å². The quantitative estimate of drug-likeness (QED) is 0.316. The molecule has 0 aromatic heterocycles. The number of benzene rings is 2. The first-order chi connectivity index (χ1) is 17.9. The van der Waals surface area contributed by atoms with Gasteiger partial charge in [0.1, 0.15) is 42.5 Å². The van der Waals surface area contributed by atoms with Gasteiger partial charge >= 0.3 is 5.97 Å². The first kappa shape index (κ1) is 30.2. The monoisotopic (exact) mass is 571 g/mol. The molecule has 12 heteroatoms. The second-order valence-electron chi connectivity index (χ2n) is 9.63. The number of carbonyl (C=O) groups excluding carboxylic acids is 2. The molecule has 1 fully saturated rings. The van der Waals surface area contributed by atoms with E-state index in [4.69, 9.17) is 30.5 Å². The lowest BCUT2D eigenvalue weighted by atomic mass is 9.99. The predicted molar refractivity (Wildman–Crippen MR) is 146 cm³/mol. The summed E-state index contributed by atoms with van der Waals surface area (Å²) in [7, 11) is 0.507. The van der Waals surface area contributed by atoms with Crippen molar-refractivity contribution < 1.29 is 43.9 Å². The summed E-state index contributed by atoms with van der Waals surface area (Å²) in [5.41, 5.74) is 0.616. The topological polar surface area (TPSA) is 144 Å². The molecule has 0 spiro atoms. The molecule has 1 amide bonds. The molecule has 0 unspecified atom stereocenters. The maximum absolute atomic E-state index is 12.8. The summed E-state index contributed by atoms with van der Waals surface area (Å²) in [6, 6.07) is 11.2. The SMILES string of the molecule is COc1cc(C(=O)OC[C@H]2O[C@@H](OCCS(C)(C)C)[C@H](O)[C@@H](O)[C@@H]2O)cc(Cl)c1NC(=O)c1ccccc1. The first-order valence-electron chi connectivity index (χ1n) is 11.8. The Morgan fingerprint density at radius 3 is 2.34 bits per heavy atom. The molecule has 2 aromatic rings. The summed E-state index contributed by atoms with van der Waals surface area (Å²) in [6.07, 6.45) is -0.539. The maximum atomic E-state index is 12.8. The Morgan fingerprint density at radius 1 is 1.03 bits per heavy atom. The van der Waals surface area contributed by atoms with E-state index in [1.165, 1.54) is 19.2 Å². The Balaban J connectivity index is 1.66. The third-order valence-electron chi connectivity index (χ3n) is 5.81. The molecule has 0 aliphatic carbocycles. The molecule has 10 nitrogen and oxygen atoms in total. The molecule has 0 bridgehead atoms. The van der Waals surface area contributed by atoms with E-state index in [2.05, 4.69) is 24.1 Å². The minimum atomic E-state index is -1.55. The van der Waals surface area contributed by atoms with Crippen LogP contribution < -0.4 is 10.1 Å². The van der Waals surface area contributed by atoms with Gasteiger partial charge < -0.3 is 39.6 Å². The number of carbonyl (C=O) groups is 2. The van der Waals surface area contributed by atoms with Crippen LogP contribution in [0.2, 0.25) is 5.02 Å². The molecule has 1 aliphatic heterocycles. The van der Waals surface area contributed by atoms with Crippen molar-refractivity contribution in [3.05, 3.63) is 58.6 Å². The zero-order chi connectivity index (χ0) is 28.0. The van der Waals surface area contributed by atoms with E-state index in [1.807, 2.05) is 0 Å². The number of rotatable bonds is 10. The van der Waals surface area contributed by atoms with Crippen molar-refractivity contribution in [2.45, 2.75) is 30.7 Å². The van der Waals surface area contributed by atoms with Crippen molar-refractivity contribution in [3.63, 3.8) is 0 Å². The number of nitrogens with one attached hydrogen (secondary N) is 1. The minimum absolute atomic E-state index is 0.0244. The number of esters is 1. The lowest BCUT2D eigenvalue weighted by Crippen LogP contribution is -2.59. The Hall–Kier alpha value is -2.38. The van der Waals surface area contributed by atoms with Gasteiger partial charge in [-0.05, 0) is 43.0 Å². The van der Waals surface area contributed by atoms with Gasteiger partial charge in [0.05, 0.1) is 24.3 Å². The number of ether oxygens (including phenoxy) is 4. The predicted octanol–water partition coefficient (Wildman–Crippen LogP) is 2.28. The van der Waals surface area contributed by atoms with E-state index >= 15 is 0 Å². The number of hydrogen-bond acceptors (Lipinski definition) is 9. The smallest absolute Gasteiger partial charge is 0.338 e. The molecule has 4 N–H and O–H groups in total. The Bertz CT molecular complexity index is 1110. The van der Waals surface area contributed by atoms with Crippen LogP contribution in [0.3, 0.4) is 0 Å². The number of halogens is 1. The van der Waals surface area contributed by atoms with Crippen molar-refractivity contribution >= 4 is 39.2 Å². The van der Waals surface area contributed by atoms with E-state index in [0.29, 0.717) is 12.2 Å². The molecule has 5 atom stereocenters. The molecule has 1 aliphatic rings. The standard InChI is InChI=1S/C26H34ClNO9S/c1-34-18-13-16(12-17(27)20(18)28-24(32)15-8-6-5-7-9-15)25(33)36-14-19-21(29)22(30)23(31)26(37-19)35-10-11-38(2,3)4/h5-9,12-13,19,21-23,26,29-31H,10-11,14H2,1-4H3,(H,28,32)/t19-,21-,22+,23-,26-/m1/s1. The summed E-state index contributed by atoms with van der Waals surface area (Å²) >= 11 is 6.35.